The van der Waals surface area contributed by atoms with Crippen molar-refractivity contribution in [1.82, 2.24) is 19.6 Å². The number of rotatable bonds is 1. The molecule has 1 amide bonds. The summed E-state index contributed by atoms with van der Waals surface area (Å²) in [5, 5.41) is 3.18. The minimum absolute atomic E-state index is 0.00898. The van der Waals surface area contributed by atoms with E-state index in [9.17, 15) is 9.59 Å². The van der Waals surface area contributed by atoms with Gasteiger partial charge < -0.3 is 24.3 Å². The second-order valence-corrected chi connectivity index (χ2v) is 8.14. The number of H-pyrrole nitrogens is 1. The van der Waals surface area contributed by atoms with Gasteiger partial charge in [-0.05, 0) is 57.7 Å². The van der Waals surface area contributed by atoms with E-state index in [4.69, 9.17) is 4.74 Å². The van der Waals surface area contributed by atoms with Gasteiger partial charge in [0.15, 0.2) is 0 Å². The lowest BCUT2D eigenvalue weighted by atomic mass is 10.2. The van der Waals surface area contributed by atoms with Crippen LogP contribution in [0.5, 0.6) is 0 Å². The molecule has 1 fully saturated rings. The number of hydrogen-bond donors (Lipinski definition) is 2. The van der Waals surface area contributed by atoms with Crippen LogP contribution in [0, 0.1) is 0 Å². The van der Waals surface area contributed by atoms with Gasteiger partial charge in [-0.1, -0.05) is 6.08 Å². The number of hydrogen-bond acceptors (Lipinski definition) is 4. The molecule has 0 unspecified atom stereocenters. The van der Waals surface area contributed by atoms with Crippen LogP contribution >= 0.6 is 0 Å². The van der Waals surface area contributed by atoms with Crippen molar-refractivity contribution in [1.29, 1.82) is 0 Å². The van der Waals surface area contributed by atoms with Gasteiger partial charge in [0.1, 0.15) is 11.1 Å². The molecule has 1 saturated heterocycles. The van der Waals surface area contributed by atoms with Crippen LogP contribution in [-0.4, -0.2) is 52.2 Å². The van der Waals surface area contributed by atoms with Gasteiger partial charge in [0.2, 0.25) is 0 Å². The van der Waals surface area contributed by atoms with E-state index in [0.29, 0.717) is 5.52 Å². The molecule has 0 atom stereocenters. The van der Waals surface area contributed by atoms with E-state index in [1.54, 1.807) is 4.90 Å². The zero-order valence-electron chi connectivity index (χ0n) is 17.0. The number of nitrogens with one attached hydrogen (secondary N) is 2. The molecule has 28 heavy (non-hydrogen) atoms. The lowest BCUT2D eigenvalue weighted by molar-refractivity contribution is 0.0229. The monoisotopic (exact) mass is 386 g/mol. The van der Waals surface area contributed by atoms with Gasteiger partial charge >= 0.3 is 6.09 Å². The first-order valence-corrected chi connectivity index (χ1v) is 9.91. The number of aromatic nitrogens is 2. The number of piperazine rings is 1. The first-order chi connectivity index (χ1) is 13.3. The summed E-state index contributed by atoms with van der Waals surface area (Å²) >= 11 is 0. The molecule has 4 rings (SSSR count). The Bertz CT molecular complexity index is 898. The molecule has 2 aromatic heterocycles. The number of amides is 1. The number of fused-ring (bicyclic) bond motifs is 1. The molecule has 1 aliphatic carbocycles. The maximum Gasteiger partial charge on any atom is 0.410 e. The third kappa shape index (κ3) is 5.25. The van der Waals surface area contributed by atoms with Gasteiger partial charge in [-0.3, -0.25) is 4.79 Å². The van der Waals surface area contributed by atoms with E-state index in [1.807, 2.05) is 49.7 Å². The topological polar surface area (TPSA) is 78.8 Å². The SMILES string of the molecule is CC(C)(C)OC(=O)N1CCNCC1.O=c1[nH]c(C2=CCCC2)cn2cccc12. The molecule has 2 aromatic rings. The number of allylic oxidation sites excluding steroid dienone is 2. The van der Waals surface area contributed by atoms with E-state index >= 15 is 0 Å². The van der Waals surface area contributed by atoms with Crippen molar-refractivity contribution in [2.24, 2.45) is 0 Å². The quantitative estimate of drug-likeness (QED) is 0.790. The second-order valence-electron chi connectivity index (χ2n) is 8.14. The Hall–Kier alpha value is -2.54. The maximum absolute atomic E-state index is 11.7. The van der Waals surface area contributed by atoms with Crippen molar-refractivity contribution < 1.29 is 9.53 Å². The van der Waals surface area contributed by atoms with Gasteiger partial charge in [-0.25, -0.2) is 4.79 Å². The number of aromatic amines is 1. The Morgan fingerprint density at radius 3 is 2.61 bits per heavy atom. The van der Waals surface area contributed by atoms with Crippen LogP contribution < -0.4 is 10.9 Å². The van der Waals surface area contributed by atoms with Crippen LogP contribution in [0.1, 0.15) is 45.7 Å². The average molecular weight is 386 g/mol. The minimum atomic E-state index is -0.387. The summed E-state index contributed by atoms with van der Waals surface area (Å²) in [6.07, 6.45) is 9.30. The van der Waals surface area contributed by atoms with Crippen LogP contribution in [-0.2, 0) is 4.74 Å². The third-order valence-electron chi connectivity index (χ3n) is 4.68. The van der Waals surface area contributed by atoms with Crippen molar-refractivity contribution in [3.8, 4) is 0 Å². The van der Waals surface area contributed by atoms with E-state index in [-0.39, 0.29) is 17.3 Å². The molecule has 0 saturated carbocycles. The number of nitrogens with zero attached hydrogens (tertiary/aromatic N) is 2. The molecule has 0 aromatic carbocycles. The van der Waals surface area contributed by atoms with E-state index in [0.717, 1.165) is 44.7 Å². The van der Waals surface area contributed by atoms with Crippen molar-refractivity contribution in [2.75, 3.05) is 26.2 Å². The fourth-order valence-electron chi connectivity index (χ4n) is 3.31. The summed E-state index contributed by atoms with van der Waals surface area (Å²) in [6, 6.07) is 3.71. The number of carbonyl (C=O) groups excluding carboxylic acids is 1. The normalized spacial score (nSPS) is 17.1. The number of ether oxygens (including phenoxy) is 1. The summed E-state index contributed by atoms with van der Waals surface area (Å²) in [5.41, 5.74) is 2.54. The van der Waals surface area contributed by atoms with Crippen LogP contribution in [0.15, 0.2) is 35.4 Å². The third-order valence-corrected chi connectivity index (χ3v) is 4.68. The fraction of sp³-hybridized carbons (Fsp3) is 0.524. The summed E-state index contributed by atoms with van der Waals surface area (Å²) < 4.78 is 7.12. The highest BCUT2D eigenvalue weighted by molar-refractivity contribution is 5.68. The largest absolute Gasteiger partial charge is 0.444 e. The Kier molecular flexibility index (Phi) is 6.24. The van der Waals surface area contributed by atoms with Crippen LogP contribution in [0.25, 0.3) is 11.1 Å². The molecular weight excluding hydrogens is 356 g/mol. The summed E-state index contributed by atoms with van der Waals surface area (Å²) in [4.78, 5) is 27.9. The molecule has 2 N–H and O–H groups in total. The van der Waals surface area contributed by atoms with Gasteiger partial charge in [0.05, 0.1) is 5.69 Å². The number of carbonyl (C=O) groups is 1. The summed E-state index contributed by atoms with van der Waals surface area (Å²) in [6.45, 7) is 8.86. The van der Waals surface area contributed by atoms with Crippen LogP contribution in [0.4, 0.5) is 4.79 Å². The molecular formula is C21H30N4O3. The first-order valence-electron chi connectivity index (χ1n) is 9.91. The van der Waals surface area contributed by atoms with E-state index < -0.39 is 0 Å². The lowest BCUT2D eigenvalue weighted by Gasteiger charge is -2.30. The Morgan fingerprint density at radius 1 is 1.21 bits per heavy atom. The predicted molar refractivity (Wildman–Crippen MR) is 111 cm³/mol. The Labute approximate surface area is 165 Å². The summed E-state index contributed by atoms with van der Waals surface area (Å²) in [5.74, 6) is 0. The molecule has 0 bridgehead atoms. The van der Waals surface area contributed by atoms with Crippen LogP contribution in [0.2, 0.25) is 0 Å². The molecule has 1 aliphatic heterocycles. The molecule has 0 spiro atoms. The highest BCUT2D eigenvalue weighted by Gasteiger charge is 2.22. The van der Waals surface area contributed by atoms with Crippen molar-refractivity contribution >= 4 is 17.2 Å². The predicted octanol–water partition coefficient (Wildman–Crippen LogP) is 3.02. The Balaban J connectivity index is 0.000000163. The smallest absolute Gasteiger partial charge is 0.410 e. The standard InChI is InChI=1S/C12H12N2O.C9H18N2O2/c15-12-11-6-3-7-14(11)8-10(13-12)9-4-1-2-5-9;1-9(2,3)13-8(12)11-6-4-10-5-7-11/h3-4,6-8H,1-2,5H2,(H,13,15);10H,4-7H2,1-3H3. The van der Waals surface area contributed by atoms with Gasteiger partial charge in [0.25, 0.3) is 5.56 Å². The first kappa shape index (κ1) is 20.2. The molecule has 152 valence electrons. The molecule has 7 nitrogen and oxygen atoms in total. The zero-order valence-corrected chi connectivity index (χ0v) is 17.0. The van der Waals surface area contributed by atoms with Gasteiger partial charge in [-0.2, -0.15) is 0 Å². The molecule has 3 heterocycles. The lowest BCUT2D eigenvalue weighted by Crippen LogP contribution is -2.48. The van der Waals surface area contributed by atoms with Gasteiger partial charge in [0, 0.05) is 38.6 Å². The molecule has 2 aliphatic rings. The average Bonchev–Trinajstić information content (AvgIpc) is 3.33. The van der Waals surface area contributed by atoms with Gasteiger partial charge in [-0.15, -0.1) is 0 Å². The molecule has 7 heteroatoms. The van der Waals surface area contributed by atoms with Crippen LogP contribution in [0.3, 0.4) is 0 Å². The fourth-order valence-corrected chi connectivity index (χ4v) is 3.31. The van der Waals surface area contributed by atoms with Crippen molar-refractivity contribution in [3.05, 3.63) is 46.7 Å². The highest BCUT2D eigenvalue weighted by Crippen LogP contribution is 2.25. The van der Waals surface area contributed by atoms with Crippen molar-refractivity contribution in [2.45, 2.75) is 45.6 Å². The van der Waals surface area contributed by atoms with Crippen molar-refractivity contribution in [3.63, 3.8) is 0 Å². The highest BCUT2D eigenvalue weighted by atomic mass is 16.6. The second kappa shape index (κ2) is 8.65. The minimum Gasteiger partial charge on any atom is -0.444 e. The maximum atomic E-state index is 11.7. The molecule has 0 radical (unpaired) electrons. The summed E-state index contributed by atoms with van der Waals surface area (Å²) in [7, 11) is 0. The Morgan fingerprint density at radius 2 is 1.96 bits per heavy atom. The van der Waals surface area contributed by atoms with E-state index in [2.05, 4.69) is 16.4 Å². The zero-order chi connectivity index (χ0) is 20.1. The van der Waals surface area contributed by atoms with E-state index in [1.165, 1.54) is 12.0 Å².